The number of carbonyl (C=O) groups is 3. The first-order chi connectivity index (χ1) is 13.7. The van der Waals surface area contributed by atoms with Gasteiger partial charge in [0.25, 0.3) is 0 Å². The zero-order chi connectivity index (χ0) is 21.6. The van der Waals surface area contributed by atoms with E-state index in [0.29, 0.717) is 11.1 Å². The molecule has 156 valence electrons. The number of rotatable bonds is 6. The first-order valence-electron chi connectivity index (χ1n) is 9.10. The van der Waals surface area contributed by atoms with Crippen LogP contribution < -0.4 is 5.32 Å². The molecule has 0 aliphatic carbocycles. The van der Waals surface area contributed by atoms with E-state index < -0.39 is 29.8 Å². The Morgan fingerprint density at radius 2 is 1.93 bits per heavy atom. The van der Waals surface area contributed by atoms with Crippen molar-refractivity contribution in [2.75, 3.05) is 13.7 Å². The Balaban J connectivity index is 2.35. The molecule has 29 heavy (non-hydrogen) atoms. The van der Waals surface area contributed by atoms with Gasteiger partial charge in [-0.15, -0.1) is 0 Å². The summed E-state index contributed by atoms with van der Waals surface area (Å²) in [6.07, 6.45) is 1.82. The fraction of sp³-hybridized carbons (Fsp3) is 0.381. The van der Waals surface area contributed by atoms with Crippen molar-refractivity contribution >= 4 is 29.1 Å². The predicted octanol–water partition coefficient (Wildman–Crippen LogP) is 3.42. The lowest BCUT2D eigenvalue weighted by molar-refractivity contribution is -0.142. The molecule has 0 saturated carbocycles. The monoisotopic (exact) mass is 402 g/mol. The van der Waals surface area contributed by atoms with Crippen molar-refractivity contribution < 1.29 is 28.6 Å². The second kappa shape index (κ2) is 9.27. The number of carbonyl (C=O) groups excluding carboxylic acids is 3. The third kappa shape index (κ3) is 5.84. The summed E-state index contributed by atoms with van der Waals surface area (Å²) < 4.78 is 16.5. The molecule has 1 heterocycles. The van der Waals surface area contributed by atoms with Gasteiger partial charge >= 0.3 is 18.2 Å². The number of methoxy groups -OCH3 is 1. The van der Waals surface area contributed by atoms with Crippen LogP contribution >= 0.6 is 0 Å². The summed E-state index contributed by atoms with van der Waals surface area (Å²) >= 11 is 0. The number of para-hydroxylation sites is 1. The third-order valence-electron chi connectivity index (χ3n) is 3.92. The first-order valence-corrected chi connectivity index (χ1v) is 9.10. The summed E-state index contributed by atoms with van der Waals surface area (Å²) in [4.78, 5) is 36.7. The lowest BCUT2D eigenvalue weighted by Crippen LogP contribution is -2.43. The molecule has 1 amide bonds. The highest BCUT2D eigenvalue weighted by molar-refractivity contribution is 5.92. The fourth-order valence-corrected chi connectivity index (χ4v) is 2.75. The number of nitrogens with zero attached hydrogens (tertiary/aromatic N) is 1. The summed E-state index contributed by atoms with van der Waals surface area (Å²) in [5.41, 5.74) is 0.647. The van der Waals surface area contributed by atoms with Crippen molar-refractivity contribution in [1.29, 1.82) is 0 Å². The van der Waals surface area contributed by atoms with Crippen LogP contribution in [0.5, 0.6) is 0 Å². The highest BCUT2D eigenvalue weighted by Gasteiger charge is 2.26. The topological polar surface area (TPSA) is 95.9 Å². The van der Waals surface area contributed by atoms with Gasteiger partial charge in [0.1, 0.15) is 18.2 Å². The lowest BCUT2D eigenvalue weighted by Gasteiger charge is -2.19. The fourth-order valence-electron chi connectivity index (χ4n) is 2.75. The average molecular weight is 402 g/mol. The molecule has 0 radical (unpaired) electrons. The van der Waals surface area contributed by atoms with Crippen molar-refractivity contribution in [3.8, 4) is 0 Å². The molecule has 0 fully saturated rings. The van der Waals surface area contributed by atoms with E-state index in [0.717, 1.165) is 5.39 Å². The van der Waals surface area contributed by atoms with Crippen LogP contribution in [-0.2, 0) is 25.4 Å². The van der Waals surface area contributed by atoms with E-state index in [1.807, 2.05) is 12.1 Å². The SMILES string of the molecule is C=CCOC(=O)N[C@@H](Cc1cn(C(=O)OC(C)(C)C)c2ccccc12)C(=O)OC. The Morgan fingerprint density at radius 1 is 1.24 bits per heavy atom. The molecule has 0 saturated heterocycles. The normalized spacial score (nSPS) is 12.1. The summed E-state index contributed by atoms with van der Waals surface area (Å²) in [7, 11) is 1.23. The zero-order valence-electron chi connectivity index (χ0n) is 17.1. The van der Waals surface area contributed by atoms with Crippen LogP contribution in [0.25, 0.3) is 10.9 Å². The number of aromatic nitrogens is 1. The number of benzene rings is 1. The van der Waals surface area contributed by atoms with Gasteiger partial charge in [0.2, 0.25) is 0 Å². The number of hydrogen-bond acceptors (Lipinski definition) is 6. The molecule has 1 N–H and O–H groups in total. The van der Waals surface area contributed by atoms with Crippen molar-refractivity contribution in [2.24, 2.45) is 0 Å². The molecule has 1 aromatic heterocycles. The van der Waals surface area contributed by atoms with Crippen molar-refractivity contribution in [2.45, 2.75) is 38.8 Å². The van der Waals surface area contributed by atoms with Crippen molar-refractivity contribution in [3.63, 3.8) is 0 Å². The molecule has 1 atom stereocenters. The van der Waals surface area contributed by atoms with Gasteiger partial charge in [0, 0.05) is 18.0 Å². The van der Waals surface area contributed by atoms with Crippen LogP contribution in [-0.4, -0.2) is 48.1 Å². The number of fused-ring (bicyclic) bond motifs is 1. The highest BCUT2D eigenvalue weighted by atomic mass is 16.6. The van der Waals surface area contributed by atoms with Crippen LogP contribution in [0.4, 0.5) is 9.59 Å². The molecule has 0 aliphatic heterocycles. The minimum atomic E-state index is -0.991. The number of amides is 1. The Labute approximate surface area is 169 Å². The second-order valence-electron chi connectivity index (χ2n) is 7.33. The van der Waals surface area contributed by atoms with Crippen molar-refractivity contribution in [1.82, 2.24) is 9.88 Å². The number of alkyl carbamates (subject to hydrolysis) is 1. The van der Waals surface area contributed by atoms with Crippen LogP contribution in [0.3, 0.4) is 0 Å². The quantitative estimate of drug-likeness (QED) is 0.452. The predicted molar refractivity (Wildman–Crippen MR) is 108 cm³/mol. The maximum atomic E-state index is 12.6. The highest BCUT2D eigenvalue weighted by Crippen LogP contribution is 2.24. The average Bonchev–Trinajstić information content (AvgIpc) is 3.02. The molecule has 0 bridgehead atoms. The number of hydrogen-bond donors (Lipinski definition) is 1. The van der Waals surface area contributed by atoms with Crippen molar-refractivity contribution in [3.05, 3.63) is 48.7 Å². The van der Waals surface area contributed by atoms with E-state index >= 15 is 0 Å². The van der Waals surface area contributed by atoms with Gasteiger partial charge in [-0.3, -0.25) is 4.57 Å². The lowest BCUT2D eigenvalue weighted by atomic mass is 10.1. The number of nitrogens with one attached hydrogen (secondary N) is 1. The maximum absolute atomic E-state index is 12.6. The Hall–Kier alpha value is -3.29. The minimum absolute atomic E-state index is 0.0116. The van der Waals surface area contributed by atoms with Gasteiger partial charge in [-0.05, 0) is 32.4 Å². The van der Waals surface area contributed by atoms with Gasteiger partial charge in [0.05, 0.1) is 12.6 Å². The molecule has 8 heteroatoms. The molecule has 0 spiro atoms. The van der Waals surface area contributed by atoms with Gasteiger partial charge < -0.3 is 19.5 Å². The largest absolute Gasteiger partial charge is 0.467 e. The van der Waals surface area contributed by atoms with E-state index in [-0.39, 0.29) is 13.0 Å². The molecule has 2 aromatic rings. The number of ether oxygens (including phenoxy) is 3. The van der Waals surface area contributed by atoms with Gasteiger partial charge in [-0.25, -0.2) is 14.4 Å². The standard InChI is InChI=1S/C21H26N2O6/c1-6-11-28-19(25)22-16(18(24)27-5)12-14-13-23(20(26)29-21(2,3)4)17-10-8-7-9-15(14)17/h6-10,13,16H,1,11-12H2,2-5H3,(H,22,25)/t16-/m0/s1. The second-order valence-corrected chi connectivity index (χ2v) is 7.33. The van der Waals surface area contributed by atoms with Crippen LogP contribution in [0.1, 0.15) is 26.3 Å². The van der Waals surface area contributed by atoms with E-state index in [1.165, 1.54) is 17.8 Å². The zero-order valence-corrected chi connectivity index (χ0v) is 17.1. The molecule has 2 rings (SSSR count). The van der Waals surface area contributed by atoms with E-state index in [2.05, 4.69) is 11.9 Å². The number of esters is 1. The van der Waals surface area contributed by atoms with Crippen LogP contribution in [0.2, 0.25) is 0 Å². The summed E-state index contributed by atoms with van der Waals surface area (Å²) in [6, 6.07) is 6.24. The van der Waals surface area contributed by atoms with Crippen LogP contribution in [0.15, 0.2) is 43.1 Å². The van der Waals surface area contributed by atoms with Crippen LogP contribution in [0, 0.1) is 0 Å². The smallest absolute Gasteiger partial charge is 0.419 e. The molecular weight excluding hydrogens is 376 g/mol. The molecular formula is C21H26N2O6. The Kier molecular flexibility index (Phi) is 7.03. The van der Waals surface area contributed by atoms with E-state index in [9.17, 15) is 14.4 Å². The van der Waals surface area contributed by atoms with Gasteiger partial charge in [-0.2, -0.15) is 0 Å². The summed E-state index contributed by atoms with van der Waals surface area (Å²) in [6.45, 7) is 8.82. The molecule has 1 aromatic carbocycles. The summed E-state index contributed by atoms with van der Waals surface area (Å²) in [5, 5.41) is 3.24. The minimum Gasteiger partial charge on any atom is -0.467 e. The van der Waals surface area contributed by atoms with E-state index in [4.69, 9.17) is 14.2 Å². The third-order valence-corrected chi connectivity index (χ3v) is 3.92. The maximum Gasteiger partial charge on any atom is 0.419 e. The summed E-state index contributed by atoms with van der Waals surface area (Å²) in [5.74, 6) is -0.630. The molecule has 8 nitrogen and oxygen atoms in total. The van der Waals surface area contributed by atoms with E-state index in [1.54, 1.807) is 39.1 Å². The first kappa shape index (κ1) is 22.0. The molecule has 0 unspecified atom stereocenters. The Bertz CT molecular complexity index is 910. The van der Waals surface area contributed by atoms with Gasteiger partial charge in [0.15, 0.2) is 0 Å². The molecule has 0 aliphatic rings. The Morgan fingerprint density at radius 3 is 2.55 bits per heavy atom. The van der Waals surface area contributed by atoms with Gasteiger partial charge in [-0.1, -0.05) is 30.9 Å².